The van der Waals surface area contributed by atoms with Gasteiger partial charge in [-0.2, -0.15) is 5.10 Å². The average Bonchev–Trinajstić information content (AvgIpc) is 2.63. The highest BCUT2D eigenvalue weighted by molar-refractivity contribution is 6.46. The van der Waals surface area contributed by atoms with Crippen LogP contribution < -0.4 is 20.6 Å². The van der Waals surface area contributed by atoms with Gasteiger partial charge in [-0.05, 0) is 12.1 Å². The Hall–Kier alpha value is -2.42. The van der Waals surface area contributed by atoms with Gasteiger partial charge in [-0.1, -0.05) is 34.8 Å². The molecule has 0 bridgehead atoms. The van der Waals surface area contributed by atoms with E-state index in [9.17, 15) is 9.90 Å². The van der Waals surface area contributed by atoms with Gasteiger partial charge in [-0.15, -0.1) is 0 Å². The second-order valence-electron chi connectivity index (χ2n) is 4.77. The number of nitrogen functional groups attached to an aromatic ring is 1. The molecule has 0 aliphatic heterocycles. The van der Waals surface area contributed by atoms with E-state index in [4.69, 9.17) is 50.0 Å². The third kappa shape index (κ3) is 4.04. The first kappa shape index (κ1) is 19.9. The van der Waals surface area contributed by atoms with E-state index in [-0.39, 0.29) is 43.8 Å². The lowest BCUT2D eigenvalue weighted by molar-refractivity contribution is 0.0950. The number of nitrogens with zero attached hydrogens (tertiary/aromatic N) is 2. The topological polar surface area (TPSA) is 119 Å². The van der Waals surface area contributed by atoms with Crippen molar-refractivity contribution in [1.82, 2.24) is 10.4 Å². The number of phenolic OH excluding ortho intramolecular Hbond substituents is 1. The van der Waals surface area contributed by atoms with Crippen LogP contribution in [0.2, 0.25) is 15.2 Å². The van der Waals surface area contributed by atoms with E-state index in [0.717, 1.165) is 0 Å². The summed E-state index contributed by atoms with van der Waals surface area (Å²) in [5.74, 6) is -0.536. The maximum Gasteiger partial charge on any atom is 0.291 e. The molecule has 0 radical (unpaired) electrons. The molecule has 26 heavy (non-hydrogen) atoms. The minimum Gasteiger partial charge on any atom is -0.502 e. The Morgan fingerprint density at radius 3 is 2.35 bits per heavy atom. The quantitative estimate of drug-likeness (QED) is 0.389. The minimum absolute atomic E-state index is 0.0417. The van der Waals surface area contributed by atoms with Crippen LogP contribution in [0.1, 0.15) is 16.1 Å². The molecule has 4 N–H and O–H groups in total. The van der Waals surface area contributed by atoms with Crippen molar-refractivity contribution in [1.29, 1.82) is 0 Å². The van der Waals surface area contributed by atoms with E-state index in [1.54, 1.807) is 0 Å². The van der Waals surface area contributed by atoms with Gasteiger partial charge in [0.2, 0.25) is 5.75 Å². The van der Waals surface area contributed by atoms with Crippen molar-refractivity contribution in [2.45, 2.75) is 0 Å². The first-order chi connectivity index (χ1) is 12.3. The van der Waals surface area contributed by atoms with Gasteiger partial charge in [-0.25, -0.2) is 10.4 Å². The summed E-state index contributed by atoms with van der Waals surface area (Å²) in [5.41, 5.74) is 8.10. The molecule has 2 rings (SSSR count). The first-order valence-corrected chi connectivity index (χ1v) is 8.01. The molecule has 1 aromatic heterocycles. The molecule has 1 amide bonds. The van der Waals surface area contributed by atoms with Crippen LogP contribution >= 0.6 is 34.8 Å². The van der Waals surface area contributed by atoms with Crippen LogP contribution in [0.3, 0.4) is 0 Å². The van der Waals surface area contributed by atoms with Gasteiger partial charge in [0.1, 0.15) is 5.02 Å². The third-order valence-corrected chi connectivity index (χ3v) is 4.30. The number of methoxy groups -OCH3 is 2. The van der Waals surface area contributed by atoms with Crippen molar-refractivity contribution >= 4 is 52.6 Å². The number of pyridine rings is 1. The van der Waals surface area contributed by atoms with Crippen LogP contribution in [-0.2, 0) is 0 Å². The highest BCUT2D eigenvalue weighted by atomic mass is 35.5. The summed E-state index contributed by atoms with van der Waals surface area (Å²) in [6.07, 6.45) is 1.30. The van der Waals surface area contributed by atoms with Crippen molar-refractivity contribution in [2.75, 3.05) is 20.0 Å². The van der Waals surface area contributed by atoms with Crippen LogP contribution in [0.5, 0.6) is 17.2 Å². The molecule has 1 heterocycles. The number of carbonyl (C=O) groups excluding carboxylic acids is 1. The van der Waals surface area contributed by atoms with Crippen LogP contribution in [0.4, 0.5) is 5.69 Å². The summed E-state index contributed by atoms with van der Waals surface area (Å²) in [6, 6.07) is 2.99. The van der Waals surface area contributed by atoms with E-state index in [0.29, 0.717) is 5.56 Å². The summed E-state index contributed by atoms with van der Waals surface area (Å²) in [6.45, 7) is 0. The lowest BCUT2D eigenvalue weighted by Crippen LogP contribution is -2.20. The number of hydrogen-bond donors (Lipinski definition) is 3. The van der Waals surface area contributed by atoms with Crippen LogP contribution in [0.15, 0.2) is 17.2 Å². The Labute approximate surface area is 163 Å². The summed E-state index contributed by atoms with van der Waals surface area (Å²) in [4.78, 5) is 15.9. The number of ether oxygens (including phenoxy) is 2. The Bertz CT molecular complexity index is 865. The fourth-order valence-corrected chi connectivity index (χ4v) is 2.48. The first-order valence-electron chi connectivity index (χ1n) is 6.88. The monoisotopic (exact) mass is 418 g/mol. The van der Waals surface area contributed by atoms with Gasteiger partial charge in [-0.3, -0.25) is 4.79 Å². The Balaban J connectivity index is 2.23. The second-order valence-corrected chi connectivity index (χ2v) is 5.88. The molecule has 0 atom stereocenters. The number of nitrogens with two attached hydrogens (primary N) is 1. The van der Waals surface area contributed by atoms with Crippen molar-refractivity contribution in [3.63, 3.8) is 0 Å². The molecular formula is C15H13Cl3N4O4. The highest BCUT2D eigenvalue weighted by Crippen LogP contribution is 2.36. The number of hydrogen-bond acceptors (Lipinski definition) is 7. The molecule has 11 heteroatoms. The lowest BCUT2D eigenvalue weighted by Gasteiger charge is -2.09. The molecule has 1 aromatic carbocycles. The normalized spacial score (nSPS) is 10.8. The molecule has 8 nitrogen and oxygen atoms in total. The van der Waals surface area contributed by atoms with Crippen molar-refractivity contribution in [2.24, 2.45) is 5.10 Å². The number of carbonyl (C=O) groups is 1. The molecular weight excluding hydrogens is 407 g/mol. The number of aromatic hydroxyl groups is 1. The maximum atomic E-state index is 12.2. The number of amides is 1. The zero-order valence-corrected chi connectivity index (χ0v) is 15.8. The van der Waals surface area contributed by atoms with Crippen LogP contribution in [-0.4, -0.2) is 36.4 Å². The van der Waals surface area contributed by atoms with Gasteiger partial charge < -0.3 is 20.3 Å². The molecule has 0 aliphatic rings. The number of aromatic nitrogens is 1. The summed E-state index contributed by atoms with van der Waals surface area (Å²) in [7, 11) is 2.78. The van der Waals surface area contributed by atoms with Gasteiger partial charge in [0.25, 0.3) is 5.91 Å². The molecule has 138 valence electrons. The number of hydrazone groups is 1. The molecule has 0 saturated heterocycles. The van der Waals surface area contributed by atoms with Crippen molar-refractivity contribution < 1.29 is 19.4 Å². The minimum atomic E-state index is -0.741. The molecule has 0 aliphatic carbocycles. The molecule has 0 fully saturated rings. The van der Waals surface area contributed by atoms with Gasteiger partial charge >= 0.3 is 0 Å². The van der Waals surface area contributed by atoms with Crippen molar-refractivity contribution in [3.8, 4) is 17.2 Å². The van der Waals surface area contributed by atoms with Crippen LogP contribution in [0.25, 0.3) is 0 Å². The standard InChI is InChI=1S/C15H13Cl3N4O4/c1-25-7-3-6(4-8(26-2)13(7)23)5-20-22-15(24)12-9(16)11(19)10(17)14(18)21-12/h3-5,23H,1-2H3,(H2,19,21)(H,22,24). The van der Waals surface area contributed by atoms with E-state index in [2.05, 4.69) is 15.5 Å². The number of benzene rings is 1. The number of rotatable bonds is 5. The predicted molar refractivity (Wildman–Crippen MR) is 100.0 cm³/mol. The third-order valence-electron chi connectivity index (χ3n) is 3.17. The van der Waals surface area contributed by atoms with E-state index in [1.807, 2.05) is 0 Å². The Kier molecular flexibility index (Phi) is 6.36. The van der Waals surface area contributed by atoms with E-state index in [1.165, 1.54) is 32.6 Å². The summed E-state index contributed by atoms with van der Waals surface area (Å²) >= 11 is 17.6. The number of halogens is 3. The zero-order valence-electron chi connectivity index (χ0n) is 13.5. The highest BCUT2D eigenvalue weighted by Gasteiger charge is 2.19. The maximum absolute atomic E-state index is 12.2. The summed E-state index contributed by atoms with van der Waals surface area (Å²) in [5, 5.41) is 13.3. The largest absolute Gasteiger partial charge is 0.502 e. The Morgan fingerprint density at radius 1 is 1.23 bits per heavy atom. The van der Waals surface area contributed by atoms with Gasteiger partial charge in [0.15, 0.2) is 22.3 Å². The number of phenols is 1. The van der Waals surface area contributed by atoms with Crippen LogP contribution in [0, 0.1) is 0 Å². The fraction of sp³-hybridized carbons (Fsp3) is 0.133. The number of nitrogens with one attached hydrogen (secondary N) is 1. The molecule has 0 saturated carbocycles. The van der Waals surface area contributed by atoms with Crippen molar-refractivity contribution in [3.05, 3.63) is 38.6 Å². The zero-order chi connectivity index (χ0) is 19.4. The molecule has 0 spiro atoms. The SMILES string of the molecule is COc1cc(C=NNC(=O)c2nc(Cl)c(Cl)c(N)c2Cl)cc(OC)c1O. The van der Waals surface area contributed by atoms with E-state index >= 15 is 0 Å². The van der Waals surface area contributed by atoms with Gasteiger partial charge in [0.05, 0.1) is 31.1 Å². The number of anilines is 1. The van der Waals surface area contributed by atoms with Gasteiger partial charge in [0, 0.05) is 5.56 Å². The van der Waals surface area contributed by atoms with E-state index < -0.39 is 5.91 Å². The smallest absolute Gasteiger partial charge is 0.291 e. The lowest BCUT2D eigenvalue weighted by atomic mass is 10.2. The average molecular weight is 420 g/mol. The molecule has 2 aromatic rings. The predicted octanol–water partition coefficient (Wildman–Crippen LogP) is 3.11. The Morgan fingerprint density at radius 2 is 1.81 bits per heavy atom. The summed E-state index contributed by atoms with van der Waals surface area (Å²) < 4.78 is 10.1. The second kappa shape index (κ2) is 8.31. The molecule has 0 unspecified atom stereocenters. The fourth-order valence-electron chi connectivity index (χ4n) is 1.89.